The van der Waals surface area contributed by atoms with Crippen molar-refractivity contribution in [2.45, 2.75) is 51.8 Å². The van der Waals surface area contributed by atoms with Crippen molar-refractivity contribution in [3.63, 3.8) is 0 Å². The number of carbonyl (C=O) groups excluding carboxylic acids is 2. The van der Waals surface area contributed by atoms with Crippen molar-refractivity contribution in [2.75, 3.05) is 18.4 Å². The fourth-order valence-electron chi connectivity index (χ4n) is 3.22. The molecule has 24 heavy (non-hydrogen) atoms. The van der Waals surface area contributed by atoms with Crippen LogP contribution in [0.1, 0.15) is 39.2 Å². The van der Waals surface area contributed by atoms with Gasteiger partial charge in [-0.15, -0.1) is 0 Å². The van der Waals surface area contributed by atoms with Gasteiger partial charge in [-0.3, -0.25) is 0 Å². The van der Waals surface area contributed by atoms with Crippen LogP contribution in [0.5, 0.6) is 0 Å². The van der Waals surface area contributed by atoms with Crippen molar-refractivity contribution >= 4 is 17.8 Å². The molecule has 3 rings (SSSR count). The van der Waals surface area contributed by atoms with Gasteiger partial charge in [0.1, 0.15) is 5.60 Å². The molecule has 0 aliphatic carbocycles. The first-order chi connectivity index (χ1) is 11.3. The number of piperidine rings is 1. The lowest BCUT2D eigenvalue weighted by Crippen LogP contribution is -2.54. The SMILES string of the molecule is CC(C)(C)OC(=O)N1CCC[C@H](N2Cc3ccccc3NC2=O)C1. The summed E-state index contributed by atoms with van der Waals surface area (Å²) in [5.41, 5.74) is 1.47. The molecule has 3 amide bonds. The smallest absolute Gasteiger partial charge is 0.410 e. The van der Waals surface area contributed by atoms with E-state index in [-0.39, 0.29) is 18.2 Å². The fraction of sp³-hybridized carbons (Fsp3) is 0.556. The first kappa shape index (κ1) is 16.6. The predicted molar refractivity (Wildman–Crippen MR) is 91.8 cm³/mol. The fourth-order valence-corrected chi connectivity index (χ4v) is 3.22. The van der Waals surface area contributed by atoms with Crippen molar-refractivity contribution in [3.8, 4) is 0 Å². The third kappa shape index (κ3) is 3.63. The zero-order valence-corrected chi connectivity index (χ0v) is 14.5. The Labute approximate surface area is 142 Å². The molecule has 2 aliphatic rings. The summed E-state index contributed by atoms with van der Waals surface area (Å²) in [6, 6.07) is 7.75. The van der Waals surface area contributed by atoms with Gasteiger partial charge in [-0.2, -0.15) is 0 Å². The largest absolute Gasteiger partial charge is 0.444 e. The van der Waals surface area contributed by atoms with Crippen LogP contribution in [0.3, 0.4) is 0 Å². The second kappa shape index (κ2) is 6.34. The average Bonchev–Trinajstić information content (AvgIpc) is 2.53. The summed E-state index contributed by atoms with van der Waals surface area (Å²) < 4.78 is 5.46. The van der Waals surface area contributed by atoms with E-state index in [1.54, 1.807) is 4.90 Å². The summed E-state index contributed by atoms with van der Waals surface area (Å²) in [4.78, 5) is 28.3. The van der Waals surface area contributed by atoms with Crippen LogP contribution in [0.2, 0.25) is 0 Å². The molecule has 1 atom stereocenters. The molecule has 0 unspecified atom stereocenters. The lowest BCUT2D eigenvalue weighted by atomic mass is 10.0. The number of urea groups is 1. The Balaban J connectivity index is 1.69. The topological polar surface area (TPSA) is 61.9 Å². The van der Waals surface area contributed by atoms with Crippen molar-refractivity contribution in [1.82, 2.24) is 9.80 Å². The molecule has 1 aromatic carbocycles. The Morgan fingerprint density at radius 2 is 2.04 bits per heavy atom. The van der Waals surface area contributed by atoms with E-state index in [1.165, 1.54) is 0 Å². The van der Waals surface area contributed by atoms with Crippen molar-refractivity contribution < 1.29 is 14.3 Å². The highest BCUT2D eigenvalue weighted by Crippen LogP contribution is 2.27. The Hall–Kier alpha value is -2.24. The van der Waals surface area contributed by atoms with Crippen LogP contribution in [-0.4, -0.2) is 46.7 Å². The Bertz CT molecular complexity index is 639. The minimum atomic E-state index is -0.508. The van der Waals surface area contributed by atoms with Crippen LogP contribution in [0.25, 0.3) is 0 Å². The van der Waals surface area contributed by atoms with Gasteiger partial charge in [0.15, 0.2) is 0 Å². The number of carbonyl (C=O) groups is 2. The van der Waals surface area contributed by atoms with E-state index in [9.17, 15) is 9.59 Å². The number of amides is 3. The number of hydrogen-bond acceptors (Lipinski definition) is 3. The van der Waals surface area contributed by atoms with E-state index in [0.717, 1.165) is 24.1 Å². The van der Waals surface area contributed by atoms with Gasteiger partial charge < -0.3 is 19.9 Å². The minimum Gasteiger partial charge on any atom is -0.444 e. The average molecular weight is 331 g/mol. The van der Waals surface area contributed by atoms with E-state index in [1.807, 2.05) is 49.9 Å². The van der Waals surface area contributed by atoms with Gasteiger partial charge in [0.05, 0.1) is 6.04 Å². The van der Waals surface area contributed by atoms with Crippen LogP contribution in [0.15, 0.2) is 24.3 Å². The van der Waals surface area contributed by atoms with E-state index >= 15 is 0 Å². The van der Waals surface area contributed by atoms with E-state index in [0.29, 0.717) is 19.6 Å². The zero-order chi connectivity index (χ0) is 17.3. The van der Waals surface area contributed by atoms with Gasteiger partial charge in [-0.05, 0) is 45.2 Å². The Kier molecular flexibility index (Phi) is 4.39. The van der Waals surface area contributed by atoms with Gasteiger partial charge >= 0.3 is 12.1 Å². The van der Waals surface area contributed by atoms with Gasteiger partial charge in [0, 0.05) is 25.3 Å². The second-order valence-corrected chi connectivity index (χ2v) is 7.44. The number of nitrogens with zero attached hydrogens (tertiary/aromatic N) is 2. The number of nitrogens with one attached hydrogen (secondary N) is 1. The summed E-state index contributed by atoms with van der Waals surface area (Å²) in [5, 5.41) is 2.94. The van der Waals surface area contributed by atoms with Crippen LogP contribution in [0.4, 0.5) is 15.3 Å². The minimum absolute atomic E-state index is 0.0135. The lowest BCUT2D eigenvalue weighted by Gasteiger charge is -2.41. The number of likely N-dealkylation sites (tertiary alicyclic amines) is 1. The monoisotopic (exact) mass is 331 g/mol. The summed E-state index contributed by atoms with van der Waals surface area (Å²) in [5.74, 6) is 0. The van der Waals surface area contributed by atoms with Gasteiger partial charge in [0.25, 0.3) is 0 Å². The molecular formula is C18H25N3O3. The molecular weight excluding hydrogens is 306 g/mol. The number of hydrogen-bond donors (Lipinski definition) is 1. The lowest BCUT2D eigenvalue weighted by molar-refractivity contribution is 0.0131. The molecule has 0 bridgehead atoms. The number of benzene rings is 1. The van der Waals surface area contributed by atoms with Crippen molar-refractivity contribution in [1.29, 1.82) is 0 Å². The number of ether oxygens (including phenoxy) is 1. The number of rotatable bonds is 1. The highest BCUT2D eigenvalue weighted by atomic mass is 16.6. The van der Waals surface area contributed by atoms with E-state index < -0.39 is 5.60 Å². The molecule has 6 heteroatoms. The Morgan fingerprint density at radius 1 is 1.29 bits per heavy atom. The van der Waals surface area contributed by atoms with Crippen LogP contribution < -0.4 is 5.32 Å². The molecule has 0 aromatic heterocycles. The first-order valence-corrected chi connectivity index (χ1v) is 8.47. The summed E-state index contributed by atoms with van der Waals surface area (Å²) >= 11 is 0. The van der Waals surface area contributed by atoms with E-state index in [4.69, 9.17) is 4.74 Å². The molecule has 1 aromatic rings. The molecule has 1 saturated heterocycles. The highest BCUT2D eigenvalue weighted by molar-refractivity contribution is 5.92. The number of anilines is 1. The number of fused-ring (bicyclic) bond motifs is 1. The standard InChI is InChI=1S/C18H25N3O3/c1-18(2,3)24-17(23)20-10-6-8-14(12-20)21-11-13-7-4-5-9-15(13)19-16(21)22/h4-5,7,9,14H,6,8,10-12H2,1-3H3,(H,19,22)/t14-/m0/s1. The van der Waals surface area contributed by atoms with Gasteiger partial charge in [-0.25, -0.2) is 9.59 Å². The molecule has 1 fully saturated rings. The highest BCUT2D eigenvalue weighted by Gasteiger charge is 2.34. The molecule has 0 radical (unpaired) electrons. The predicted octanol–water partition coefficient (Wildman–Crippen LogP) is 3.43. The van der Waals surface area contributed by atoms with E-state index in [2.05, 4.69) is 5.32 Å². The van der Waals surface area contributed by atoms with Gasteiger partial charge in [0.2, 0.25) is 0 Å². The molecule has 1 N–H and O–H groups in total. The van der Waals surface area contributed by atoms with Crippen LogP contribution in [-0.2, 0) is 11.3 Å². The number of para-hydroxylation sites is 1. The third-order valence-corrected chi connectivity index (χ3v) is 4.35. The third-order valence-electron chi connectivity index (χ3n) is 4.35. The molecule has 2 aliphatic heterocycles. The molecule has 0 saturated carbocycles. The van der Waals surface area contributed by atoms with Gasteiger partial charge in [-0.1, -0.05) is 18.2 Å². The van der Waals surface area contributed by atoms with Crippen LogP contribution >= 0.6 is 0 Å². The molecule has 6 nitrogen and oxygen atoms in total. The maximum Gasteiger partial charge on any atom is 0.410 e. The van der Waals surface area contributed by atoms with Crippen molar-refractivity contribution in [2.24, 2.45) is 0 Å². The maximum absolute atomic E-state index is 12.4. The molecule has 130 valence electrons. The summed E-state index contributed by atoms with van der Waals surface area (Å²) in [6.45, 7) is 7.36. The van der Waals surface area contributed by atoms with Crippen molar-refractivity contribution in [3.05, 3.63) is 29.8 Å². The summed E-state index contributed by atoms with van der Waals surface area (Å²) in [7, 11) is 0. The maximum atomic E-state index is 12.4. The quantitative estimate of drug-likeness (QED) is 0.857. The Morgan fingerprint density at radius 3 is 2.79 bits per heavy atom. The second-order valence-electron chi connectivity index (χ2n) is 7.44. The first-order valence-electron chi connectivity index (χ1n) is 8.47. The van der Waals surface area contributed by atoms with Crippen LogP contribution in [0, 0.1) is 0 Å². The molecule has 2 heterocycles. The normalized spacial score (nSPS) is 21.1. The summed E-state index contributed by atoms with van der Waals surface area (Å²) in [6.07, 6.45) is 1.47. The zero-order valence-electron chi connectivity index (χ0n) is 14.5. The molecule has 0 spiro atoms.